The summed E-state index contributed by atoms with van der Waals surface area (Å²) in [6, 6.07) is 61.8. The third-order valence-electron chi connectivity index (χ3n) is 20.9. The maximum Gasteiger partial charge on any atom is 0.220 e. The Morgan fingerprint density at radius 3 is 1.04 bits per heavy atom. The van der Waals surface area contributed by atoms with Crippen molar-refractivity contribution in [3.8, 4) is 0 Å². The van der Waals surface area contributed by atoms with Crippen LogP contribution >= 0.6 is 0 Å². The first-order chi connectivity index (χ1) is 50.6. The van der Waals surface area contributed by atoms with E-state index in [2.05, 4.69) is 171 Å². The quantitative estimate of drug-likeness (QED) is 0.0378. The summed E-state index contributed by atoms with van der Waals surface area (Å²) in [4.78, 5) is 14.9. The predicted octanol–water partition coefficient (Wildman–Crippen LogP) is 24.5. The normalized spacial score (nSPS) is 17.0. The van der Waals surface area contributed by atoms with Crippen LogP contribution < -0.4 is 5.32 Å². The second-order valence-electron chi connectivity index (χ2n) is 29.6. The van der Waals surface area contributed by atoms with Gasteiger partial charge in [0.15, 0.2) is 0 Å². The lowest BCUT2D eigenvalue weighted by molar-refractivity contribution is -0.235. The maximum absolute atomic E-state index is 14.9. The molecule has 1 amide bonds. The van der Waals surface area contributed by atoms with Crippen molar-refractivity contribution in [1.82, 2.24) is 5.32 Å². The molecule has 1 aliphatic carbocycles. The average molecular weight is 1400 g/mol. The largest absolute Gasteiger partial charge is 0.376 e. The number of benzene rings is 6. The van der Waals surface area contributed by atoms with Gasteiger partial charge in [-0.3, -0.25) is 4.79 Å². The van der Waals surface area contributed by atoms with Crippen LogP contribution in [-0.2, 0) is 77.6 Å². The maximum atomic E-state index is 14.9. The molecule has 0 unspecified atom stereocenters. The topological polar surface area (TPSA) is 93.7 Å². The lowest BCUT2D eigenvalue weighted by atomic mass is 9.80. The first kappa shape index (κ1) is 83.8. The molecule has 9 heteroatoms. The number of carbonyl (C=O) groups excluding carboxylic acids is 1. The Bertz CT molecular complexity index is 2870. The number of ether oxygens (including phenoxy) is 7. The Hall–Kier alpha value is -5.49. The molecule has 0 heterocycles. The monoisotopic (exact) mass is 1400 g/mol. The lowest BCUT2D eigenvalue weighted by Crippen LogP contribution is -2.59. The molecule has 1 N–H and O–H groups in total. The van der Waals surface area contributed by atoms with Crippen molar-refractivity contribution < 1.29 is 38.0 Å². The second kappa shape index (κ2) is 55.9. The summed E-state index contributed by atoms with van der Waals surface area (Å²) in [5.74, 6) is -0.150. The average Bonchev–Trinajstić information content (AvgIpc) is 0.787. The van der Waals surface area contributed by atoms with E-state index in [1.807, 2.05) is 30.3 Å². The van der Waals surface area contributed by atoms with Gasteiger partial charge in [0.1, 0.15) is 18.3 Å². The molecule has 562 valence electrons. The van der Waals surface area contributed by atoms with Crippen molar-refractivity contribution in [2.45, 2.75) is 340 Å². The molecule has 6 aromatic carbocycles. The SMILES string of the molecule is CCCCCCCCCCCCCCCCCCCCCCCCCC(=O)N[C@@H](CO[C@H]1C[C@H](COCc2ccccc2)[C@H](OCc2ccccc2)[C@H](OCc2ccccc2)[C@H]1OCc1ccccc1)[C@H](OCc1ccccc1)[C@@H](CCCCCCCCCCCCCC)OCc1ccccc1. The van der Waals surface area contributed by atoms with Crippen LogP contribution in [0.4, 0.5) is 0 Å². The van der Waals surface area contributed by atoms with Gasteiger partial charge in [0, 0.05) is 12.3 Å². The third-order valence-corrected chi connectivity index (χ3v) is 20.9. The zero-order chi connectivity index (χ0) is 71.1. The van der Waals surface area contributed by atoms with Crippen LogP contribution in [0.15, 0.2) is 182 Å². The molecule has 6 aromatic rings. The van der Waals surface area contributed by atoms with Crippen LogP contribution in [0, 0.1) is 5.92 Å². The molecule has 0 aliphatic heterocycles. The van der Waals surface area contributed by atoms with Crippen molar-refractivity contribution in [2.24, 2.45) is 5.92 Å². The number of nitrogens with one attached hydrogen (secondary N) is 1. The zero-order valence-electron chi connectivity index (χ0n) is 63.7. The van der Waals surface area contributed by atoms with Gasteiger partial charge in [-0.15, -0.1) is 0 Å². The Balaban J connectivity index is 1.08. The van der Waals surface area contributed by atoms with Crippen molar-refractivity contribution in [2.75, 3.05) is 13.2 Å². The van der Waals surface area contributed by atoms with Gasteiger partial charge in [-0.05, 0) is 52.6 Å². The van der Waals surface area contributed by atoms with E-state index in [9.17, 15) is 4.79 Å². The van der Waals surface area contributed by atoms with E-state index in [0.29, 0.717) is 59.1 Å². The van der Waals surface area contributed by atoms with E-state index >= 15 is 0 Å². The smallest absolute Gasteiger partial charge is 0.220 e. The fourth-order valence-electron chi connectivity index (χ4n) is 14.7. The van der Waals surface area contributed by atoms with Gasteiger partial charge in [0.05, 0.1) is 77.2 Å². The summed E-state index contributed by atoms with van der Waals surface area (Å²) in [7, 11) is 0. The van der Waals surface area contributed by atoms with Gasteiger partial charge in [-0.25, -0.2) is 0 Å². The van der Waals surface area contributed by atoms with Gasteiger partial charge < -0.3 is 38.5 Å². The fourth-order valence-corrected chi connectivity index (χ4v) is 14.7. The van der Waals surface area contributed by atoms with Crippen LogP contribution in [0.2, 0.25) is 0 Å². The molecular weight excluding hydrogens is 1260 g/mol. The van der Waals surface area contributed by atoms with Gasteiger partial charge in [0.25, 0.3) is 0 Å². The van der Waals surface area contributed by atoms with E-state index in [4.69, 9.17) is 33.2 Å². The molecule has 0 spiro atoms. The van der Waals surface area contributed by atoms with Crippen LogP contribution in [0.25, 0.3) is 0 Å². The molecule has 7 rings (SSSR count). The number of amides is 1. The summed E-state index contributed by atoms with van der Waals surface area (Å²) in [6.45, 7) is 7.46. The first-order valence-corrected chi connectivity index (χ1v) is 41.4. The number of hydrogen-bond donors (Lipinski definition) is 1. The van der Waals surface area contributed by atoms with Crippen LogP contribution in [-0.4, -0.2) is 61.8 Å². The zero-order valence-corrected chi connectivity index (χ0v) is 63.7. The van der Waals surface area contributed by atoms with E-state index in [-0.39, 0.29) is 24.5 Å². The molecule has 1 saturated carbocycles. The minimum atomic E-state index is -0.583. The van der Waals surface area contributed by atoms with Crippen molar-refractivity contribution in [3.05, 3.63) is 215 Å². The summed E-state index contributed by atoms with van der Waals surface area (Å²) < 4.78 is 50.6. The highest BCUT2D eigenvalue weighted by Gasteiger charge is 2.49. The fraction of sp³-hybridized carbons (Fsp3) is 0.602. The third kappa shape index (κ3) is 37.0. The number of rotatable bonds is 62. The lowest BCUT2D eigenvalue weighted by Gasteiger charge is -2.46. The Kier molecular flexibility index (Phi) is 45.9. The summed E-state index contributed by atoms with van der Waals surface area (Å²) >= 11 is 0. The molecule has 0 saturated heterocycles. The van der Waals surface area contributed by atoms with Crippen molar-refractivity contribution in [1.29, 1.82) is 0 Å². The molecule has 8 atom stereocenters. The van der Waals surface area contributed by atoms with Crippen LogP contribution in [0.3, 0.4) is 0 Å². The first-order valence-electron chi connectivity index (χ1n) is 41.4. The molecular formula is C93H137NO8. The van der Waals surface area contributed by atoms with Crippen molar-refractivity contribution >= 4 is 5.91 Å². The molecule has 1 aliphatic rings. The summed E-state index contributed by atoms with van der Waals surface area (Å²) in [6.07, 6.45) is 44.6. The van der Waals surface area contributed by atoms with Gasteiger partial charge >= 0.3 is 0 Å². The molecule has 102 heavy (non-hydrogen) atoms. The molecule has 1 fully saturated rings. The van der Waals surface area contributed by atoms with E-state index in [0.717, 1.165) is 71.9 Å². The van der Waals surface area contributed by atoms with E-state index in [1.54, 1.807) is 0 Å². The highest BCUT2D eigenvalue weighted by molar-refractivity contribution is 5.76. The van der Waals surface area contributed by atoms with E-state index < -0.39 is 36.6 Å². The Morgan fingerprint density at radius 2 is 0.657 bits per heavy atom. The number of hydrogen-bond acceptors (Lipinski definition) is 8. The minimum Gasteiger partial charge on any atom is -0.376 e. The summed E-state index contributed by atoms with van der Waals surface area (Å²) in [5, 5.41) is 3.63. The van der Waals surface area contributed by atoms with E-state index in [1.165, 1.54) is 193 Å². The number of unbranched alkanes of at least 4 members (excludes halogenated alkanes) is 33. The predicted molar refractivity (Wildman–Crippen MR) is 423 cm³/mol. The molecule has 0 bridgehead atoms. The highest BCUT2D eigenvalue weighted by atomic mass is 16.6. The van der Waals surface area contributed by atoms with Gasteiger partial charge in [-0.2, -0.15) is 0 Å². The molecule has 0 aromatic heterocycles. The second-order valence-corrected chi connectivity index (χ2v) is 29.6. The van der Waals surface area contributed by atoms with Gasteiger partial charge in [-0.1, -0.05) is 414 Å². The molecule has 9 nitrogen and oxygen atoms in total. The minimum absolute atomic E-state index is 0.0127. The van der Waals surface area contributed by atoms with Gasteiger partial charge in [0.2, 0.25) is 5.91 Å². The summed E-state index contributed by atoms with van der Waals surface area (Å²) in [5.41, 5.74) is 6.44. The van der Waals surface area contributed by atoms with Crippen molar-refractivity contribution in [3.63, 3.8) is 0 Å². The van der Waals surface area contributed by atoms with Crippen LogP contribution in [0.5, 0.6) is 0 Å². The molecule has 0 radical (unpaired) electrons. The highest BCUT2D eigenvalue weighted by Crippen LogP contribution is 2.37. The number of carbonyl (C=O) groups is 1. The standard InChI is InChI=1S/C93H137NO8/c1-3-5-7-9-11-13-15-17-18-19-20-21-22-23-24-25-26-27-29-31-33-35-55-69-89(95)94-86(91(100-74-82-62-48-39-49-63-82)87(97-72-80-58-44-37-45-59-80)68-54-34-32-30-28-16-14-12-10-8-6-4-2)78-98-88-70-85(77-96-71-79-56-42-36-43-57-79)90(99-73-81-60-46-38-47-61-81)93(102-76-84-66-52-41-53-67-84)92(88)101-75-83-64-50-40-51-65-83/h36-53,56-67,85-88,90-93H,3-35,54-55,68-78H2,1-2H3,(H,94,95)/t85-,86+,87-,88+,90+,91+,92+,93+/m1/s1. The van der Waals surface area contributed by atoms with Crippen LogP contribution in [0.1, 0.15) is 291 Å². The Morgan fingerprint density at radius 1 is 0.343 bits per heavy atom. The Labute approximate surface area is 620 Å².